The van der Waals surface area contributed by atoms with Crippen molar-refractivity contribution in [1.29, 1.82) is 0 Å². The number of nitrogens with one attached hydrogen (secondary N) is 1. The van der Waals surface area contributed by atoms with Crippen LogP contribution in [0.2, 0.25) is 0 Å². The third kappa shape index (κ3) is 5.50. The summed E-state index contributed by atoms with van der Waals surface area (Å²) in [5.41, 5.74) is 6.35. The molecule has 0 aromatic carbocycles. The van der Waals surface area contributed by atoms with E-state index < -0.39 is 11.9 Å². The Morgan fingerprint density at radius 1 is 1.14 bits per heavy atom. The van der Waals surface area contributed by atoms with Gasteiger partial charge in [-0.3, -0.25) is 4.79 Å². The van der Waals surface area contributed by atoms with Gasteiger partial charge < -0.3 is 25.6 Å². The van der Waals surface area contributed by atoms with Crippen LogP contribution >= 0.6 is 0 Å². The molecule has 2 bridgehead atoms. The third-order valence-corrected chi connectivity index (χ3v) is 16.0. The van der Waals surface area contributed by atoms with E-state index in [2.05, 4.69) is 103 Å². The van der Waals surface area contributed by atoms with Gasteiger partial charge in [-0.15, -0.1) is 5.10 Å². The lowest BCUT2D eigenvalue weighted by molar-refractivity contribution is -0.253. The highest BCUT2D eigenvalue weighted by Crippen LogP contribution is 2.75. The lowest BCUT2D eigenvalue weighted by Gasteiger charge is -2.71. The van der Waals surface area contributed by atoms with Crippen molar-refractivity contribution >= 4 is 11.9 Å². The molecular formula is C40H68N6O4. The first-order chi connectivity index (χ1) is 23.3. The summed E-state index contributed by atoms with van der Waals surface area (Å²) < 4.78 is 13.9. The van der Waals surface area contributed by atoms with Crippen molar-refractivity contribution in [3.63, 3.8) is 0 Å². The Labute approximate surface area is 301 Å². The standard InChI is InChI=1S/C40H68N6O4/c1-12-19-42-30(35(5,6)7)21-50-32-28(46-44-34(41)43-45-46)20-40-23-49-22-37(32,9)29(40)14-13-26-27(40)15-16-39(11)31(33(47)48)36(8,25(4)24(2)3)17-18-38(26,39)10/h15,24-26,28-32,42H,12-14,16-23H2,1-11H3,(H2,41,44)(H,47,48)/t25-,26+,28-,29+,30-,31-,32+,36-,37-,38-,39+,40+/m1/s1. The zero-order valence-electron chi connectivity index (χ0n) is 33.0. The average molecular weight is 697 g/mol. The quantitative estimate of drug-likeness (QED) is 0.217. The molecule has 0 spiro atoms. The van der Waals surface area contributed by atoms with Crippen LogP contribution in [0.25, 0.3) is 0 Å². The van der Waals surface area contributed by atoms with Gasteiger partial charge in [-0.25, -0.2) is 0 Å². The number of carboxylic acid groups (broad SMARTS) is 1. The molecule has 6 rings (SSSR count). The summed E-state index contributed by atoms with van der Waals surface area (Å²) in [6.07, 6.45) is 9.05. The Kier molecular flexibility index (Phi) is 9.67. The summed E-state index contributed by atoms with van der Waals surface area (Å²) in [7, 11) is 0. The van der Waals surface area contributed by atoms with Gasteiger partial charge in [-0.1, -0.05) is 92.9 Å². The summed E-state index contributed by atoms with van der Waals surface area (Å²) >= 11 is 0. The molecule has 12 atom stereocenters. The van der Waals surface area contributed by atoms with Crippen molar-refractivity contribution in [1.82, 2.24) is 25.5 Å². The molecule has 2 heterocycles. The Morgan fingerprint density at radius 3 is 2.46 bits per heavy atom. The minimum absolute atomic E-state index is 0.0207. The second-order valence-corrected chi connectivity index (χ2v) is 19.7. The summed E-state index contributed by atoms with van der Waals surface area (Å²) in [5.74, 6) is 0.525. The number of hydrogen-bond donors (Lipinski definition) is 3. The van der Waals surface area contributed by atoms with Crippen LogP contribution in [-0.4, -0.2) is 69.8 Å². The summed E-state index contributed by atoms with van der Waals surface area (Å²) in [6, 6.07) is 0.0227. The van der Waals surface area contributed by atoms with E-state index in [0.29, 0.717) is 43.5 Å². The Morgan fingerprint density at radius 2 is 1.86 bits per heavy atom. The zero-order chi connectivity index (χ0) is 36.7. The number of allylic oxidation sites excluding steroid dienone is 1. The second kappa shape index (κ2) is 12.8. The van der Waals surface area contributed by atoms with Crippen molar-refractivity contribution in [3.05, 3.63) is 11.6 Å². The first-order valence-electron chi connectivity index (χ1n) is 19.7. The van der Waals surface area contributed by atoms with Crippen LogP contribution in [0.1, 0.15) is 127 Å². The van der Waals surface area contributed by atoms with E-state index in [-0.39, 0.29) is 56.6 Å². The summed E-state index contributed by atoms with van der Waals surface area (Å²) in [5, 5.41) is 28.1. The maximum atomic E-state index is 13.5. The maximum Gasteiger partial charge on any atom is 0.307 e. The van der Waals surface area contributed by atoms with Gasteiger partial charge in [0.2, 0.25) is 0 Å². The summed E-state index contributed by atoms with van der Waals surface area (Å²) in [4.78, 5) is 15.2. The van der Waals surface area contributed by atoms with E-state index in [0.717, 1.165) is 51.5 Å². The molecule has 282 valence electrons. The fourth-order valence-electron chi connectivity index (χ4n) is 12.6. The fourth-order valence-corrected chi connectivity index (χ4v) is 12.6. The van der Waals surface area contributed by atoms with Crippen LogP contribution in [0, 0.1) is 62.1 Å². The molecule has 0 radical (unpaired) electrons. The van der Waals surface area contributed by atoms with Gasteiger partial charge in [-0.2, -0.15) is 4.80 Å². The van der Waals surface area contributed by atoms with Gasteiger partial charge in [0.25, 0.3) is 5.95 Å². The molecule has 5 aliphatic rings. The van der Waals surface area contributed by atoms with Crippen LogP contribution in [0.5, 0.6) is 0 Å². The molecule has 0 unspecified atom stereocenters. The van der Waals surface area contributed by atoms with E-state index in [4.69, 9.17) is 15.2 Å². The highest BCUT2D eigenvalue weighted by atomic mass is 16.5. The summed E-state index contributed by atoms with van der Waals surface area (Å²) in [6.45, 7) is 28.0. The number of nitrogens with two attached hydrogens (primary N) is 1. The molecule has 10 heteroatoms. The fraction of sp³-hybridized carbons (Fsp3) is 0.900. The monoisotopic (exact) mass is 697 g/mol. The molecule has 1 aromatic heterocycles. The third-order valence-electron chi connectivity index (χ3n) is 16.0. The first kappa shape index (κ1) is 37.7. The molecule has 1 aromatic rings. The predicted molar refractivity (Wildman–Crippen MR) is 196 cm³/mol. The molecule has 4 aliphatic carbocycles. The zero-order valence-corrected chi connectivity index (χ0v) is 33.0. The topological polar surface area (TPSA) is 137 Å². The van der Waals surface area contributed by atoms with Crippen LogP contribution in [0.15, 0.2) is 11.6 Å². The number of aromatic nitrogens is 4. The minimum Gasteiger partial charge on any atom is -0.481 e. The highest BCUT2D eigenvalue weighted by molar-refractivity contribution is 5.73. The number of rotatable bonds is 10. The van der Waals surface area contributed by atoms with Crippen LogP contribution < -0.4 is 11.1 Å². The van der Waals surface area contributed by atoms with E-state index in [1.165, 1.54) is 5.57 Å². The predicted octanol–water partition coefficient (Wildman–Crippen LogP) is 7.18. The van der Waals surface area contributed by atoms with Gasteiger partial charge >= 0.3 is 5.97 Å². The number of ether oxygens (including phenoxy) is 2. The smallest absolute Gasteiger partial charge is 0.307 e. The van der Waals surface area contributed by atoms with Gasteiger partial charge in [0.1, 0.15) is 6.04 Å². The maximum absolute atomic E-state index is 13.5. The van der Waals surface area contributed by atoms with Gasteiger partial charge in [0.05, 0.1) is 31.8 Å². The number of hydrogen-bond acceptors (Lipinski definition) is 8. The molecule has 1 saturated heterocycles. The molecule has 0 amide bonds. The van der Waals surface area contributed by atoms with E-state index >= 15 is 0 Å². The van der Waals surface area contributed by atoms with Crippen LogP contribution in [-0.2, 0) is 14.3 Å². The number of nitrogen functional groups attached to an aromatic ring is 1. The van der Waals surface area contributed by atoms with Gasteiger partial charge in [0.15, 0.2) is 0 Å². The van der Waals surface area contributed by atoms with Crippen molar-refractivity contribution in [2.75, 3.05) is 32.1 Å². The largest absolute Gasteiger partial charge is 0.481 e. The van der Waals surface area contributed by atoms with Crippen LogP contribution in [0.3, 0.4) is 0 Å². The lowest BCUT2D eigenvalue weighted by Crippen LogP contribution is -2.69. The molecule has 4 N–H and O–H groups in total. The van der Waals surface area contributed by atoms with Crippen molar-refractivity contribution in [3.8, 4) is 0 Å². The molecule has 3 saturated carbocycles. The molecule has 4 fully saturated rings. The normalized spacial score (nSPS) is 42.6. The number of aliphatic carboxylic acids is 1. The van der Waals surface area contributed by atoms with Crippen molar-refractivity contribution in [2.45, 2.75) is 139 Å². The first-order valence-corrected chi connectivity index (χ1v) is 19.7. The molecular weight excluding hydrogens is 628 g/mol. The highest BCUT2D eigenvalue weighted by Gasteiger charge is 2.72. The van der Waals surface area contributed by atoms with Gasteiger partial charge in [0, 0.05) is 16.9 Å². The second-order valence-electron chi connectivity index (χ2n) is 19.7. The average Bonchev–Trinajstić information content (AvgIpc) is 3.46. The number of fused-ring (bicyclic) bond motifs is 3. The Balaban J connectivity index is 1.42. The number of carbonyl (C=O) groups is 1. The lowest BCUT2D eigenvalue weighted by atomic mass is 9.34. The molecule has 10 nitrogen and oxygen atoms in total. The molecule has 1 aliphatic heterocycles. The Hall–Kier alpha value is -2.04. The van der Waals surface area contributed by atoms with E-state index in [9.17, 15) is 9.90 Å². The van der Waals surface area contributed by atoms with E-state index in [1.54, 1.807) is 4.80 Å². The van der Waals surface area contributed by atoms with Crippen molar-refractivity contribution in [2.24, 2.45) is 62.1 Å². The molecule has 50 heavy (non-hydrogen) atoms. The number of nitrogens with zero attached hydrogens (tertiary/aromatic N) is 4. The number of anilines is 1. The van der Waals surface area contributed by atoms with Gasteiger partial charge in [-0.05, 0) is 102 Å². The van der Waals surface area contributed by atoms with Crippen LogP contribution in [0.4, 0.5) is 5.95 Å². The SMILES string of the molecule is CCCN[C@H](CO[C@H]1[C@H](n2nnc(N)n2)C[C@@]23COC[C@]1(C)[C@@H]2CC[C@H]1C3=CC[C@@]2(C)[C@H](C(=O)O)[C@@](C)([C@H](C)C(C)C)CC[C@]12C)C(C)(C)C. The van der Waals surface area contributed by atoms with E-state index in [1.807, 2.05) is 0 Å². The number of carboxylic acids is 1. The number of tetrazole rings is 1. The Bertz CT molecular complexity index is 1450. The minimum atomic E-state index is -0.625. The van der Waals surface area contributed by atoms with Crippen molar-refractivity contribution < 1.29 is 19.4 Å².